The minimum absolute atomic E-state index is 0.106. The second kappa shape index (κ2) is 3.93. The molecular formula is C8H8FO2. The number of ether oxygens (including phenoxy) is 1. The molecule has 0 aliphatic carbocycles. The second-order valence-electron chi connectivity index (χ2n) is 1.93. The van der Waals surface area contributed by atoms with Crippen molar-refractivity contribution in [2.24, 2.45) is 0 Å². The number of benzene rings is 1. The topological polar surface area (TPSA) is 29.5 Å². The highest BCUT2D eigenvalue weighted by Gasteiger charge is 1.99. The van der Waals surface area contributed by atoms with E-state index in [1.54, 1.807) is 0 Å². The number of hydrogen-bond donors (Lipinski definition) is 1. The first-order valence-corrected chi connectivity index (χ1v) is 3.24. The summed E-state index contributed by atoms with van der Waals surface area (Å²) in [5, 5.41) is 8.36. The molecule has 1 radical (unpaired) electrons. The van der Waals surface area contributed by atoms with Gasteiger partial charge in [-0.15, -0.1) is 0 Å². The molecule has 1 aromatic carbocycles. The van der Waals surface area contributed by atoms with Gasteiger partial charge < -0.3 is 9.84 Å². The molecule has 0 heterocycles. The predicted octanol–water partition coefficient (Wildman–Crippen LogP) is 0.997. The zero-order valence-electron chi connectivity index (χ0n) is 5.88. The van der Waals surface area contributed by atoms with Crippen LogP contribution < -0.4 is 4.74 Å². The van der Waals surface area contributed by atoms with E-state index in [1.807, 2.05) is 0 Å². The van der Waals surface area contributed by atoms with Crippen LogP contribution in [0.5, 0.6) is 5.75 Å². The summed E-state index contributed by atoms with van der Waals surface area (Å²) in [4.78, 5) is 0. The molecule has 0 bridgehead atoms. The summed E-state index contributed by atoms with van der Waals surface area (Å²) in [6.45, 7) is -0.0108. The smallest absolute Gasteiger partial charge is 0.165 e. The van der Waals surface area contributed by atoms with E-state index < -0.39 is 5.82 Å². The first-order chi connectivity index (χ1) is 5.34. The van der Waals surface area contributed by atoms with Crippen molar-refractivity contribution in [2.75, 3.05) is 13.2 Å². The lowest BCUT2D eigenvalue weighted by molar-refractivity contribution is 0.196. The quantitative estimate of drug-likeness (QED) is 0.705. The lowest BCUT2D eigenvalue weighted by atomic mass is 10.3. The molecular weight excluding hydrogens is 147 g/mol. The van der Waals surface area contributed by atoms with Crippen LogP contribution in [0, 0.1) is 11.9 Å². The van der Waals surface area contributed by atoms with Gasteiger partial charge in [0, 0.05) is 0 Å². The summed E-state index contributed by atoms with van der Waals surface area (Å²) in [5.74, 6) is -0.307. The SMILES string of the molecule is OCCOc1c[c]ccc1F. The van der Waals surface area contributed by atoms with Gasteiger partial charge in [0.2, 0.25) is 0 Å². The lowest BCUT2D eigenvalue weighted by Crippen LogP contribution is -2.02. The highest BCUT2D eigenvalue weighted by Crippen LogP contribution is 2.14. The van der Waals surface area contributed by atoms with Gasteiger partial charge in [0.1, 0.15) is 6.61 Å². The number of aliphatic hydroxyl groups excluding tert-OH is 1. The van der Waals surface area contributed by atoms with Crippen LogP contribution in [0.4, 0.5) is 4.39 Å². The van der Waals surface area contributed by atoms with E-state index in [0.29, 0.717) is 0 Å². The second-order valence-corrected chi connectivity index (χ2v) is 1.93. The van der Waals surface area contributed by atoms with Gasteiger partial charge in [-0.2, -0.15) is 0 Å². The van der Waals surface area contributed by atoms with Gasteiger partial charge in [-0.25, -0.2) is 4.39 Å². The van der Waals surface area contributed by atoms with Crippen LogP contribution in [0.15, 0.2) is 18.2 Å². The third-order valence-electron chi connectivity index (χ3n) is 1.12. The Bertz CT molecular complexity index is 225. The molecule has 0 aliphatic heterocycles. The summed E-state index contributed by atoms with van der Waals surface area (Å²) in [5.41, 5.74) is 0. The summed E-state index contributed by atoms with van der Waals surface area (Å²) >= 11 is 0. The summed E-state index contributed by atoms with van der Waals surface area (Å²) in [7, 11) is 0. The van der Waals surface area contributed by atoms with Crippen molar-refractivity contribution in [3.8, 4) is 5.75 Å². The largest absolute Gasteiger partial charge is 0.488 e. The lowest BCUT2D eigenvalue weighted by Gasteiger charge is -2.03. The molecule has 0 amide bonds. The standard InChI is InChI=1S/C8H8FO2/c9-7-3-1-2-4-8(7)11-6-5-10/h1,3-4,10H,5-6H2. The van der Waals surface area contributed by atoms with E-state index >= 15 is 0 Å². The Morgan fingerprint density at radius 2 is 2.45 bits per heavy atom. The van der Waals surface area contributed by atoms with Crippen molar-refractivity contribution < 1.29 is 14.2 Å². The zero-order valence-corrected chi connectivity index (χ0v) is 5.88. The molecule has 1 aromatic rings. The van der Waals surface area contributed by atoms with Gasteiger partial charge in [0.05, 0.1) is 6.61 Å². The van der Waals surface area contributed by atoms with E-state index in [4.69, 9.17) is 9.84 Å². The molecule has 1 rings (SSSR count). The van der Waals surface area contributed by atoms with Gasteiger partial charge >= 0.3 is 0 Å². The van der Waals surface area contributed by atoms with Crippen molar-refractivity contribution in [1.29, 1.82) is 0 Å². The number of halogens is 1. The fraction of sp³-hybridized carbons (Fsp3) is 0.250. The molecule has 3 heteroatoms. The third-order valence-corrected chi connectivity index (χ3v) is 1.12. The molecule has 0 saturated heterocycles. The minimum Gasteiger partial charge on any atom is -0.488 e. The normalized spacial score (nSPS) is 9.64. The van der Waals surface area contributed by atoms with Crippen molar-refractivity contribution in [3.63, 3.8) is 0 Å². The maximum Gasteiger partial charge on any atom is 0.165 e. The van der Waals surface area contributed by atoms with Gasteiger partial charge in [0.25, 0.3) is 0 Å². The maximum atomic E-state index is 12.7. The summed E-state index contributed by atoms with van der Waals surface area (Å²) in [6.07, 6.45) is 0. The Balaban J connectivity index is 2.62. The molecule has 0 fully saturated rings. The molecule has 1 N–H and O–H groups in total. The van der Waals surface area contributed by atoms with Crippen LogP contribution in [0.1, 0.15) is 0 Å². The minimum atomic E-state index is -0.433. The Morgan fingerprint density at radius 1 is 1.64 bits per heavy atom. The van der Waals surface area contributed by atoms with E-state index in [-0.39, 0.29) is 19.0 Å². The monoisotopic (exact) mass is 155 g/mol. The molecule has 0 aliphatic rings. The molecule has 0 unspecified atom stereocenters. The summed E-state index contributed by atoms with van der Waals surface area (Å²) < 4.78 is 17.5. The van der Waals surface area contributed by atoms with Gasteiger partial charge in [0.15, 0.2) is 11.6 Å². The fourth-order valence-corrected chi connectivity index (χ4v) is 0.662. The van der Waals surface area contributed by atoms with E-state index in [2.05, 4.69) is 6.07 Å². The van der Waals surface area contributed by atoms with Crippen LogP contribution in [0.2, 0.25) is 0 Å². The van der Waals surface area contributed by atoms with Crippen LogP contribution in [-0.4, -0.2) is 18.3 Å². The highest BCUT2D eigenvalue weighted by atomic mass is 19.1. The van der Waals surface area contributed by atoms with Crippen LogP contribution in [0.3, 0.4) is 0 Å². The van der Waals surface area contributed by atoms with E-state index in [1.165, 1.54) is 18.2 Å². The number of hydrogen-bond acceptors (Lipinski definition) is 2. The number of rotatable bonds is 3. The van der Waals surface area contributed by atoms with Crippen molar-refractivity contribution in [2.45, 2.75) is 0 Å². The predicted molar refractivity (Wildman–Crippen MR) is 37.8 cm³/mol. The van der Waals surface area contributed by atoms with Crippen LogP contribution in [0.25, 0.3) is 0 Å². The Labute approximate surface area is 64.2 Å². The zero-order chi connectivity index (χ0) is 8.10. The Hall–Kier alpha value is -1.09. The van der Waals surface area contributed by atoms with Crippen molar-refractivity contribution in [3.05, 3.63) is 30.1 Å². The molecule has 2 nitrogen and oxygen atoms in total. The average molecular weight is 155 g/mol. The van der Waals surface area contributed by atoms with Crippen molar-refractivity contribution >= 4 is 0 Å². The molecule has 11 heavy (non-hydrogen) atoms. The molecule has 0 spiro atoms. The highest BCUT2D eigenvalue weighted by molar-refractivity contribution is 5.22. The molecule has 0 aromatic heterocycles. The van der Waals surface area contributed by atoms with E-state index in [0.717, 1.165) is 0 Å². The first-order valence-electron chi connectivity index (χ1n) is 3.24. The van der Waals surface area contributed by atoms with E-state index in [9.17, 15) is 4.39 Å². The summed E-state index contributed by atoms with van der Waals surface area (Å²) in [6, 6.07) is 6.77. The first kappa shape index (κ1) is 8.01. The Morgan fingerprint density at radius 3 is 3.09 bits per heavy atom. The average Bonchev–Trinajstić information content (AvgIpc) is 2.03. The van der Waals surface area contributed by atoms with Crippen molar-refractivity contribution in [1.82, 2.24) is 0 Å². The third kappa shape index (κ3) is 2.20. The number of aliphatic hydroxyl groups is 1. The van der Waals surface area contributed by atoms with Crippen LogP contribution >= 0.6 is 0 Å². The maximum absolute atomic E-state index is 12.7. The Kier molecular flexibility index (Phi) is 2.86. The van der Waals surface area contributed by atoms with Gasteiger partial charge in [-0.3, -0.25) is 0 Å². The molecule has 59 valence electrons. The molecule has 0 saturated carbocycles. The fourth-order valence-electron chi connectivity index (χ4n) is 0.662. The van der Waals surface area contributed by atoms with Gasteiger partial charge in [-0.1, -0.05) is 6.07 Å². The molecule has 0 atom stereocenters. The van der Waals surface area contributed by atoms with Crippen LogP contribution in [-0.2, 0) is 0 Å². The van der Waals surface area contributed by atoms with Gasteiger partial charge in [-0.05, 0) is 18.2 Å².